The smallest absolute Gasteiger partial charge is 0.157 e. The molecule has 0 aromatic heterocycles. The first kappa shape index (κ1) is 19.5. The van der Waals surface area contributed by atoms with E-state index < -0.39 is 0 Å². The molecule has 3 aromatic rings. The second kappa shape index (κ2) is 7.55. The zero-order valence-corrected chi connectivity index (χ0v) is 16.1. The van der Waals surface area contributed by atoms with Gasteiger partial charge >= 0.3 is 0 Å². The highest BCUT2D eigenvalue weighted by atomic mass is 16.3. The van der Waals surface area contributed by atoms with Crippen molar-refractivity contribution in [1.82, 2.24) is 0 Å². The molecule has 6 N–H and O–H groups in total. The molecule has 0 saturated carbocycles. The van der Waals surface area contributed by atoms with Crippen LogP contribution in [0.5, 0.6) is 23.0 Å². The van der Waals surface area contributed by atoms with Crippen LogP contribution in [-0.2, 0) is 12.8 Å². The Labute approximate surface area is 172 Å². The summed E-state index contributed by atoms with van der Waals surface area (Å²) in [5.41, 5.74) is 2.15. The Morgan fingerprint density at radius 1 is 0.733 bits per heavy atom. The Kier molecular flexibility index (Phi) is 4.91. The average molecular weight is 406 g/mol. The Hall–Kier alpha value is -3.80. The number of allylic oxidation sites excluding steroid dienone is 2. The van der Waals surface area contributed by atoms with Gasteiger partial charge in [-0.3, -0.25) is 0 Å². The molecule has 0 bridgehead atoms. The van der Waals surface area contributed by atoms with Crippen molar-refractivity contribution < 1.29 is 30.6 Å². The van der Waals surface area contributed by atoms with Gasteiger partial charge in [-0.05, 0) is 72.2 Å². The lowest BCUT2D eigenvalue weighted by Gasteiger charge is -2.18. The van der Waals surface area contributed by atoms with E-state index in [0.717, 1.165) is 11.1 Å². The molecule has 4 rings (SSSR count). The van der Waals surface area contributed by atoms with Crippen LogP contribution >= 0.6 is 0 Å². The first-order valence-corrected chi connectivity index (χ1v) is 9.60. The summed E-state index contributed by atoms with van der Waals surface area (Å²) in [5.74, 6) is -0.723. The molecule has 0 aliphatic heterocycles. The first-order chi connectivity index (χ1) is 14.3. The third-order valence-electron chi connectivity index (χ3n) is 5.49. The maximum Gasteiger partial charge on any atom is 0.157 e. The van der Waals surface area contributed by atoms with Crippen LogP contribution in [0, 0.1) is 5.92 Å². The zero-order valence-electron chi connectivity index (χ0n) is 16.1. The third-order valence-corrected chi connectivity index (χ3v) is 5.49. The zero-order chi connectivity index (χ0) is 21.4. The predicted octanol–water partition coefficient (Wildman–Crippen LogP) is 4.70. The number of aliphatic hydroxyl groups is 2. The molecule has 0 heterocycles. The molecule has 6 nitrogen and oxygen atoms in total. The van der Waals surface area contributed by atoms with Gasteiger partial charge in [0.25, 0.3) is 0 Å². The minimum atomic E-state index is -0.222. The number of phenols is 4. The Morgan fingerprint density at radius 3 is 2.20 bits per heavy atom. The van der Waals surface area contributed by atoms with Crippen molar-refractivity contribution in [2.24, 2.45) is 5.92 Å². The van der Waals surface area contributed by atoms with Crippen LogP contribution in [0.3, 0.4) is 0 Å². The number of phenolic OH excluding ortho intramolecular Hbond substituents is 4. The lowest BCUT2D eigenvalue weighted by molar-refractivity contribution is 0.312. The van der Waals surface area contributed by atoms with Crippen LogP contribution in [0.25, 0.3) is 10.8 Å². The van der Waals surface area contributed by atoms with Crippen molar-refractivity contribution in [2.75, 3.05) is 0 Å². The van der Waals surface area contributed by atoms with Gasteiger partial charge < -0.3 is 30.6 Å². The number of rotatable bonds is 4. The summed E-state index contributed by atoms with van der Waals surface area (Å²) >= 11 is 0. The van der Waals surface area contributed by atoms with Crippen LogP contribution < -0.4 is 0 Å². The molecular formula is C24H22O6. The fourth-order valence-electron chi connectivity index (χ4n) is 3.91. The van der Waals surface area contributed by atoms with Crippen LogP contribution in [-0.4, -0.2) is 30.6 Å². The number of benzene rings is 3. The number of hydrogen-bond acceptors (Lipinski definition) is 6. The summed E-state index contributed by atoms with van der Waals surface area (Å²) in [4.78, 5) is 0. The van der Waals surface area contributed by atoms with E-state index in [1.54, 1.807) is 42.5 Å². The molecule has 6 heteroatoms. The van der Waals surface area contributed by atoms with Gasteiger partial charge in [0.15, 0.2) is 23.0 Å². The van der Waals surface area contributed by atoms with Crippen molar-refractivity contribution in [3.8, 4) is 23.0 Å². The van der Waals surface area contributed by atoms with Crippen molar-refractivity contribution in [1.29, 1.82) is 0 Å². The molecule has 0 amide bonds. The van der Waals surface area contributed by atoms with E-state index >= 15 is 0 Å². The second-order valence-electron chi connectivity index (χ2n) is 7.58. The Bertz CT molecular complexity index is 1190. The van der Waals surface area contributed by atoms with Crippen molar-refractivity contribution in [3.05, 3.63) is 82.8 Å². The van der Waals surface area contributed by atoms with Crippen molar-refractivity contribution in [3.63, 3.8) is 0 Å². The summed E-state index contributed by atoms with van der Waals surface area (Å²) in [6.45, 7) is 0. The lowest BCUT2D eigenvalue weighted by Crippen LogP contribution is -2.07. The van der Waals surface area contributed by atoms with E-state index in [4.69, 9.17) is 0 Å². The molecule has 154 valence electrons. The molecule has 0 radical (unpaired) electrons. The van der Waals surface area contributed by atoms with Crippen molar-refractivity contribution >= 4 is 10.8 Å². The molecule has 3 aromatic carbocycles. The van der Waals surface area contributed by atoms with Crippen LogP contribution in [0.15, 0.2) is 66.1 Å². The number of hydrogen-bond donors (Lipinski definition) is 6. The molecule has 1 unspecified atom stereocenters. The normalized spacial score (nSPS) is 16.3. The van der Waals surface area contributed by atoms with E-state index in [1.165, 1.54) is 12.1 Å². The van der Waals surface area contributed by atoms with E-state index in [1.807, 2.05) is 0 Å². The molecule has 0 saturated heterocycles. The topological polar surface area (TPSA) is 121 Å². The fourth-order valence-corrected chi connectivity index (χ4v) is 3.91. The van der Waals surface area contributed by atoms with E-state index in [9.17, 15) is 30.6 Å². The Balaban J connectivity index is 1.74. The predicted molar refractivity (Wildman–Crippen MR) is 113 cm³/mol. The van der Waals surface area contributed by atoms with Gasteiger partial charge in [-0.2, -0.15) is 0 Å². The first-order valence-electron chi connectivity index (χ1n) is 9.60. The molecule has 1 aliphatic rings. The highest BCUT2D eigenvalue weighted by molar-refractivity contribution is 5.96. The van der Waals surface area contributed by atoms with Crippen LogP contribution in [0.4, 0.5) is 0 Å². The third kappa shape index (κ3) is 3.59. The summed E-state index contributed by atoms with van der Waals surface area (Å²) in [6, 6.07) is 11.3. The number of aliphatic hydroxyl groups excluding tert-OH is 2. The minimum absolute atomic E-state index is 0.0483. The second-order valence-corrected chi connectivity index (χ2v) is 7.58. The SMILES string of the molecule is OC1=CCC(Cc2ccc3c(O)ccc(Cc4ccc(O)c(O)c4)c3c2O)C=C1O. The molecule has 0 fully saturated rings. The van der Waals surface area contributed by atoms with Crippen LogP contribution in [0.1, 0.15) is 23.1 Å². The highest BCUT2D eigenvalue weighted by Crippen LogP contribution is 2.39. The highest BCUT2D eigenvalue weighted by Gasteiger charge is 2.19. The van der Waals surface area contributed by atoms with Crippen molar-refractivity contribution in [2.45, 2.75) is 19.3 Å². The molecule has 1 aliphatic carbocycles. The molecule has 0 spiro atoms. The van der Waals surface area contributed by atoms with Gasteiger partial charge in [0, 0.05) is 10.8 Å². The summed E-state index contributed by atoms with van der Waals surface area (Å²) < 4.78 is 0. The summed E-state index contributed by atoms with van der Waals surface area (Å²) in [7, 11) is 0. The maximum absolute atomic E-state index is 11.0. The van der Waals surface area contributed by atoms with Gasteiger partial charge in [-0.25, -0.2) is 0 Å². The lowest BCUT2D eigenvalue weighted by atomic mass is 9.89. The monoisotopic (exact) mass is 406 g/mol. The minimum Gasteiger partial charge on any atom is -0.507 e. The quantitative estimate of drug-likeness (QED) is 0.349. The molecule has 30 heavy (non-hydrogen) atoms. The fraction of sp³-hybridized carbons (Fsp3) is 0.167. The molecule has 1 atom stereocenters. The van der Waals surface area contributed by atoms with E-state index in [0.29, 0.717) is 35.6 Å². The summed E-state index contributed by atoms with van der Waals surface area (Å²) in [6.07, 6.45) is 4.48. The van der Waals surface area contributed by atoms with Gasteiger partial charge in [-0.1, -0.05) is 24.3 Å². The summed E-state index contributed by atoms with van der Waals surface area (Å²) in [5, 5.41) is 60.9. The standard InChI is InChI=1S/C24H22O6/c25-18-8-4-15(9-13-1-6-19(26)21(28)11-13)23-17(18)5-3-16(24(23)30)10-14-2-7-20(27)22(29)12-14/h1,3-8,11-12,14,25-30H,2,9-10H2. The van der Waals surface area contributed by atoms with E-state index in [2.05, 4.69) is 0 Å². The van der Waals surface area contributed by atoms with Gasteiger partial charge in [-0.15, -0.1) is 0 Å². The van der Waals surface area contributed by atoms with Crippen LogP contribution in [0.2, 0.25) is 0 Å². The average Bonchev–Trinajstić information content (AvgIpc) is 2.71. The maximum atomic E-state index is 11.0. The van der Waals surface area contributed by atoms with E-state index in [-0.39, 0.29) is 40.4 Å². The largest absolute Gasteiger partial charge is 0.507 e. The molecular weight excluding hydrogens is 384 g/mol. The number of fused-ring (bicyclic) bond motifs is 1. The van der Waals surface area contributed by atoms with Gasteiger partial charge in [0.2, 0.25) is 0 Å². The van der Waals surface area contributed by atoms with Gasteiger partial charge in [0.05, 0.1) is 0 Å². The van der Waals surface area contributed by atoms with Gasteiger partial charge in [0.1, 0.15) is 11.5 Å². The number of aromatic hydroxyl groups is 4. The Morgan fingerprint density at radius 2 is 1.47 bits per heavy atom.